The summed E-state index contributed by atoms with van der Waals surface area (Å²) in [5, 5.41) is 2.95. The van der Waals surface area contributed by atoms with E-state index in [4.69, 9.17) is 0 Å². The zero-order chi connectivity index (χ0) is 19.2. The fourth-order valence-electron chi connectivity index (χ4n) is 2.86. The van der Waals surface area contributed by atoms with Gasteiger partial charge in [0.1, 0.15) is 5.82 Å². The van der Waals surface area contributed by atoms with Gasteiger partial charge in [0.2, 0.25) is 0 Å². The average Bonchev–Trinajstić information content (AvgIpc) is 2.69. The van der Waals surface area contributed by atoms with Crippen molar-refractivity contribution in [3.63, 3.8) is 0 Å². The third-order valence-electron chi connectivity index (χ3n) is 4.50. The molecule has 0 saturated carbocycles. The second-order valence-corrected chi connectivity index (χ2v) is 6.98. The molecule has 4 heteroatoms. The lowest BCUT2D eigenvalue weighted by atomic mass is 10.0. The van der Waals surface area contributed by atoms with Crippen molar-refractivity contribution in [1.82, 2.24) is 4.98 Å². The van der Waals surface area contributed by atoms with Gasteiger partial charge in [-0.05, 0) is 41.3 Å². The number of carbonyl (C=O) groups excluding carboxylic acids is 1. The van der Waals surface area contributed by atoms with Gasteiger partial charge in [0.15, 0.2) is 0 Å². The summed E-state index contributed by atoms with van der Waals surface area (Å²) in [6, 6.07) is 21.7. The summed E-state index contributed by atoms with van der Waals surface area (Å²) in [6.07, 6.45) is 1.67. The van der Waals surface area contributed by atoms with E-state index in [0.717, 1.165) is 18.1 Å². The van der Waals surface area contributed by atoms with E-state index >= 15 is 0 Å². The van der Waals surface area contributed by atoms with E-state index < -0.39 is 0 Å². The van der Waals surface area contributed by atoms with E-state index in [-0.39, 0.29) is 5.91 Å². The monoisotopic (exact) mass is 359 g/mol. The Morgan fingerprint density at radius 1 is 1.04 bits per heavy atom. The Labute approximate surface area is 160 Å². The third kappa shape index (κ3) is 4.94. The summed E-state index contributed by atoms with van der Waals surface area (Å²) in [5.74, 6) is 1.10. The fraction of sp³-hybridized carbons (Fsp3) is 0.217. The maximum Gasteiger partial charge on any atom is 0.255 e. The number of nitrogens with one attached hydrogen (secondary N) is 1. The smallest absolute Gasteiger partial charge is 0.255 e. The topological polar surface area (TPSA) is 45.2 Å². The predicted octanol–water partition coefficient (Wildman–Crippen LogP) is 5.09. The van der Waals surface area contributed by atoms with Crippen molar-refractivity contribution in [3.05, 3.63) is 89.6 Å². The molecule has 1 aromatic heterocycles. The lowest BCUT2D eigenvalue weighted by Crippen LogP contribution is -2.19. The van der Waals surface area contributed by atoms with Crippen molar-refractivity contribution in [1.29, 1.82) is 0 Å². The van der Waals surface area contributed by atoms with E-state index in [1.54, 1.807) is 12.3 Å². The number of hydrogen-bond donors (Lipinski definition) is 1. The van der Waals surface area contributed by atoms with Gasteiger partial charge in [-0.15, -0.1) is 0 Å². The van der Waals surface area contributed by atoms with E-state index in [2.05, 4.69) is 36.3 Å². The van der Waals surface area contributed by atoms with Crippen LogP contribution in [0.3, 0.4) is 0 Å². The minimum Gasteiger partial charge on any atom is -0.355 e. The molecule has 0 unspecified atom stereocenters. The molecule has 0 fully saturated rings. The first-order chi connectivity index (χ1) is 13.0. The SMILES string of the molecule is CC(C)c1ccc(NC(=O)c2ccnc(N(C)Cc3ccccc3)c2)cc1. The van der Waals surface area contributed by atoms with Crippen LogP contribution in [0.5, 0.6) is 0 Å². The largest absolute Gasteiger partial charge is 0.355 e. The van der Waals surface area contributed by atoms with Crippen molar-refractivity contribution in [2.75, 3.05) is 17.3 Å². The van der Waals surface area contributed by atoms with Crippen LogP contribution in [-0.2, 0) is 6.54 Å². The number of aromatic nitrogens is 1. The summed E-state index contributed by atoms with van der Waals surface area (Å²) in [4.78, 5) is 19.0. The minimum atomic E-state index is -0.135. The number of nitrogens with zero attached hydrogens (tertiary/aromatic N) is 2. The van der Waals surface area contributed by atoms with Gasteiger partial charge in [-0.25, -0.2) is 4.98 Å². The van der Waals surface area contributed by atoms with Crippen LogP contribution in [0.25, 0.3) is 0 Å². The summed E-state index contributed by atoms with van der Waals surface area (Å²) >= 11 is 0. The molecule has 138 valence electrons. The van der Waals surface area contributed by atoms with E-state index in [1.807, 2.05) is 60.5 Å². The normalized spacial score (nSPS) is 10.7. The third-order valence-corrected chi connectivity index (χ3v) is 4.50. The first-order valence-electron chi connectivity index (χ1n) is 9.15. The van der Waals surface area contributed by atoms with Crippen LogP contribution < -0.4 is 10.2 Å². The number of benzene rings is 2. The molecule has 1 heterocycles. The van der Waals surface area contributed by atoms with Crippen LogP contribution in [0.4, 0.5) is 11.5 Å². The van der Waals surface area contributed by atoms with Crippen LogP contribution in [0.1, 0.15) is 41.3 Å². The number of pyridine rings is 1. The highest BCUT2D eigenvalue weighted by atomic mass is 16.1. The number of anilines is 2. The van der Waals surface area contributed by atoms with Gasteiger partial charge in [-0.3, -0.25) is 4.79 Å². The summed E-state index contributed by atoms with van der Waals surface area (Å²) in [5.41, 5.74) is 3.83. The zero-order valence-electron chi connectivity index (χ0n) is 16.0. The van der Waals surface area contributed by atoms with Crippen LogP contribution in [0.15, 0.2) is 72.9 Å². The van der Waals surface area contributed by atoms with E-state index in [0.29, 0.717) is 11.5 Å². The van der Waals surface area contributed by atoms with Crippen molar-refractivity contribution in [2.24, 2.45) is 0 Å². The molecule has 0 radical (unpaired) electrons. The summed E-state index contributed by atoms with van der Waals surface area (Å²) in [7, 11) is 1.97. The van der Waals surface area contributed by atoms with Crippen molar-refractivity contribution in [2.45, 2.75) is 26.3 Å². The molecule has 0 aliphatic rings. The molecule has 27 heavy (non-hydrogen) atoms. The number of rotatable bonds is 6. The Hall–Kier alpha value is -3.14. The molecule has 0 saturated heterocycles. The molecular formula is C23H25N3O. The van der Waals surface area contributed by atoms with Crippen LogP contribution in [-0.4, -0.2) is 17.9 Å². The second kappa shape index (κ2) is 8.49. The molecule has 0 spiro atoms. The van der Waals surface area contributed by atoms with Gasteiger partial charge >= 0.3 is 0 Å². The van der Waals surface area contributed by atoms with E-state index in [1.165, 1.54) is 11.1 Å². The van der Waals surface area contributed by atoms with Crippen LogP contribution in [0, 0.1) is 0 Å². The zero-order valence-corrected chi connectivity index (χ0v) is 16.0. The second-order valence-electron chi connectivity index (χ2n) is 6.98. The highest BCUT2D eigenvalue weighted by Gasteiger charge is 2.10. The van der Waals surface area contributed by atoms with Gasteiger partial charge < -0.3 is 10.2 Å². The molecule has 3 aromatic rings. The fourth-order valence-corrected chi connectivity index (χ4v) is 2.86. The Balaban J connectivity index is 1.69. The van der Waals surface area contributed by atoms with Crippen LogP contribution >= 0.6 is 0 Å². The van der Waals surface area contributed by atoms with Gasteiger partial charge in [0.25, 0.3) is 5.91 Å². The van der Waals surface area contributed by atoms with Crippen molar-refractivity contribution in [3.8, 4) is 0 Å². The molecule has 0 aliphatic heterocycles. The van der Waals surface area contributed by atoms with Gasteiger partial charge in [0.05, 0.1) is 0 Å². The number of amides is 1. The summed E-state index contributed by atoms with van der Waals surface area (Å²) < 4.78 is 0. The number of hydrogen-bond acceptors (Lipinski definition) is 3. The van der Waals surface area contributed by atoms with Crippen LogP contribution in [0.2, 0.25) is 0 Å². The maximum atomic E-state index is 12.6. The van der Waals surface area contributed by atoms with Gasteiger partial charge in [-0.1, -0.05) is 56.3 Å². The maximum absolute atomic E-state index is 12.6. The Morgan fingerprint density at radius 3 is 2.41 bits per heavy atom. The van der Waals surface area contributed by atoms with Gasteiger partial charge in [-0.2, -0.15) is 0 Å². The lowest BCUT2D eigenvalue weighted by Gasteiger charge is -2.18. The highest BCUT2D eigenvalue weighted by molar-refractivity contribution is 6.04. The molecule has 1 N–H and O–H groups in total. The molecule has 1 amide bonds. The Morgan fingerprint density at radius 2 is 1.74 bits per heavy atom. The van der Waals surface area contributed by atoms with Crippen molar-refractivity contribution < 1.29 is 4.79 Å². The highest BCUT2D eigenvalue weighted by Crippen LogP contribution is 2.19. The molecule has 3 rings (SSSR count). The number of carbonyl (C=O) groups is 1. The minimum absolute atomic E-state index is 0.135. The lowest BCUT2D eigenvalue weighted by molar-refractivity contribution is 0.102. The first kappa shape index (κ1) is 18.6. The Kier molecular flexibility index (Phi) is 5.87. The average molecular weight is 359 g/mol. The Bertz CT molecular complexity index is 889. The molecular weight excluding hydrogens is 334 g/mol. The molecule has 0 bridgehead atoms. The van der Waals surface area contributed by atoms with E-state index in [9.17, 15) is 4.79 Å². The summed E-state index contributed by atoms with van der Waals surface area (Å²) in [6.45, 7) is 5.03. The molecule has 2 aromatic carbocycles. The molecule has 0 aliphatic carbocycles. The van der Waals surface area contributed by atoms with Gasteiger partial charge in [0, 0.05) is 31.0 Å². The van der Waals surface area contributed by atoms with Crippen molar-refractivity contribution >= 4 is 17.4 Å². The molecule has 4 nitrogen and oxygen atoms in total. The first-order valence-corrected chi connectivity index (χ1v) is 9.15. The standard InChI is InChI=1S/C23H25N3O/c1-17(2)19-9-11-21(12-10-19)25-23(27)20-13-14-24-22(15-20)26(3)16-18-7-5-4-6-8-18/h4-15,17H,16H2,1-3H3,(H,25,27). The predicted molar refractivity (Wildman–Crippen MR) is 111 cm³/mol. The quantitative estimate of drug-likeness (QED) is 0.666. The molecule has 0 atom stereocenters.